The third-order valence-electron chi connectivity index (χ3n) is 5.59. The van der Waals surface area contributed by atoms with Gasteiger partial charge in [0.25, 0.3) is 0 Å². The van der Waals surface area contributed by atoms with Gasteiger partial charge in [-0.2, -0.15) is 0 Å². The van der Waals surface area contributed by atoms with E-state index in [-0.39, 0.29) is 23.4 Å². The van der Waals surface area contributed by atoms with Crippen molar-refractivity contribution in [1.29, 1.82) is 0 Å². The van der Waals surface area contributed by atoms with Crippen molar-refractivity contribution in [2.75, 3.05) is 0 Å². The molecular weight excluding hydrogens is 300 g/mol. The normalized spacial score (nSPS) is 30.0. The van der Waals surface area contributed by atoms with E-state index >= 15 is 0 Å². The third kappa shape index (κ3) is 4.16. The lowest BCUT2D eigenvalue weighted by Crippen LogP contribution is -2.43. The van der Waals surface area contributed by atoms with Crippen molar-refractivity contribution >= 4 is 11.8 Å². The molecule has 4 nitrogen and oxygen atoms in total. The molecule has 1 heterocycles. The fraction of sp³-hybridized carbons (Fsp3) is 0.600. The Labute approximate surface area is 144 Å². The molecule has 0 bridgehead atoms. The molecule has 4 heteroatoms. The van der Waals surface area contributed by atoms with Crippen LogP contribution >= 0.6 is 0 Å². The lowest BCUT2D eigenvalue weighted by molar-refractivity contribution is -0.123. The van der Waals surface area contributed by atoms with Crippen molar-refractivity contribution in [1.82, 2.24) is 10.6 Å². The summed E-state index contributed by atoms with van der Waals surface area (Å²) in [7, 11) is 0. The maximum atomic E-state index is 12.4. The van der Waals surface area contributed by atoms with Crippen molar-refractivity contribution in [3.63, 3.8) is 0 Å². The molecule has 2 fully saturated rings. The average molecular weight is 328 g/mol. The van der Waals surface area contributed by atoms with Crippen LogP contribution in [-0.4, -0.2) is 23.4 Å². The Kier molecular flexibility index (Phi) is 5.22. The topological polar surface area (TPSA) is 58.2 Å². The molecule has 2 aliphatic rings. The Morgan fingerprint density at radius 2 is 2.00 bits per heavy atom. The minimum Gasteiger partial charge on any atom is -0.353 e. The van der Waals surface area contributed by atoms with Gasteiger partial charge in [-0.1, -0.05) is 43.2 Å². The van der Waals surface area contributed by atoms with Crippen LogP contribution in [0.25, 0.3) is 0 Å². The summed E-state index contributed by atoms with van der Waals surface area (Å²) in [5.74, 6) is 0.644. The predicted molar refractivity (Wildman–Crippen MR) is 94.6 cm³/mol. The number of benzene rings is 1. The average Bonchev–Trinajstić information content (AvgIpc) is 2.94. The first-order chi connectivity index (χ1) is 11.6. The molecule has 0 radical (unpaired) electrons. The zero-order valence-electron chi connectivity index (χ0n) is 14.5. The highest BCUT2D eigenvalue weighted by Crippen LogP contribution is 2.33. The number of carbonyl (C=O) groups excluding carboxylic acids is 2. The van der Waals surface area contributed by atoms with Crippen molar-refractivity contribution in [2.24, 2.45) is 0 Å². The summed E-state index contributed by atoms with van der Waals surface area (Å²) in [4.78, 5) is 23.9. The van der Waals surface area contributed by atoms with Crippen LogP contribution in [0.3, 0.4) is 0 Å². The Bertz CT molecular complexity index is 587. The van der Waals surface area contributed by atoms with Gasteiger partial charge in [-0.15, -0.1) is 0 Å². The number of carbonyl (C=O) groups is 2. The third-order valence-corrected chi connectivity index (χ3v) is 5.59. The summed E-state index contributed by atoms with van der Waals surface area (Å²) in [5, 5.41) is 6.27. The van der Waals surface area contributed by atoms with Crippen LogP contribution in [0.4, 0.5) is 0 Å². The SMILES string of the molecule is CC1(CCC(=O)N[C@@H]2CCCC[C@H]2c2ccccc2)CCC(=O)N1. The van der Waals surface area contributed by atoms with Crippen LogP contribution in [0.1, 0.15) is 69.8 Å². The van der Waals surface area contributed by atoms with Gasteiger partial charge >= 0.3 is 0 Å². The van der Waals surface area contributed by atoms with Gasteiger partial charge in [-0.05, 0) is 38.2 Å². The Morgan fingerprint density at radius 3 is 2.71 bits per heavy atom. The largest absolute Gasteiger partial charge is 0.353 e. The fourth-order valence-corrected chi connectivity index (χ4v) is 4.11. The van der Waals surface area contributed by atoms with E-state index in [0.29, 0.717) is 25.2 Å². The second-order valence-corrected chi connectivity index (χ2v) is 7.58. The van der Waals surface area contributed by atoms with E-state index < -0.39 is 0 Å². The van der Waals surface area contributed by atoms with E-state index in [1.54, 1.807) is 0 Å². The van der Waals surface area contributed by atoms with Crippen molar-refractivity contribution in [3.05, 3.63) is 35.9 Å². The Balaban J connectivity index is 1.55. The molecule has 3 rings (SSSR count). The van der Waals surface area contributed by atoms with Crippen LogP contribution in [0, 0.1) is 0 Å². The number of hydrogen-bond donors (Lipinski definition) is 2. The molecule has 130 valence electrons. The summed E-state index contributed by atoms with van der Waals surface area (Å²) in [6, 6.07) is 10.8. The number of nitrogens with one attached hydrogen (secondary N) is 2. The van der Waals surface area contributed by atoms with Gasteiger partial charge in [-0.3, -0.25) is 9.59 Å². The molecule has 0 spiro atoms. The standard InChI is InChI=1S/C20H28N2O2/c1-20(14-12-19(24)22-20)13-11-18(23)21-17-10-6-5-9-16(17)15-7-3-2-4-8-15/h2-4,7-8,16-17H,5-6,9-14H2,1H3,(H,21,23)(H,22,24)/t16-,17+,20?/m0/s1. The lowest BCUT2D eigenvalue weighted by Gasteiger charge is -2.33. The van der Waals surface area contributed by atoms with Crippen molar-refractivity contribution < 1.29 is 9.59 Å². The van der Waals surface area contributed by atoms with Gasteiger partial charge in [-0.25, -0.2) is 0 Å². The van der Waals surface area contributed by atoms with Gasteiger partial charge in [0.1, 0.15) is 0 Å². The van der Waals surface area contributed by atoms with Crippen molar-refractivity contribution in [2.45, 2.75) is 75.8 Å². The van der Waals surface area contributed by atoms with Gasteiger partial charge < -0.3 is 10.6 Å². The van der Waals surface area contributed by atoms with E-state index in [2.05, 4.69) is 34.9 Å². The van der Waals surface area contributed by atoms with Gasteiger partial charge in [0.2, 0.25) is 11.8 Å². The van der Waals surface area contributed by atoms with Crippen LogP contribution in [0.2, 0.25) is 0 Å². The fourth-order valence-electron chi connectivity index (χ4n) is 4.11. The van der Waals surface area contributed by atoms with Crippen LogP contribution < -0.4 is 10.6 Å². The molecule has 2 amide bonds. The summed E-state index contributed by atoms with van der Waals surface area (Å²) in [6.45, 7) is 2.04. The number of rotatable bonds is 5. The summed E-state index contributed by atoms with van der Waals surface area (Å²) in [5.41, 5.74) is 1.12. The number of hydrogen-bond acceptors (Lipinski definition) is 2. The molecule has 3 atom stereocenters. The van der Waals surface area contributed by atoms with E-state index in [1.165, 1.54) is 18.4 Å². The smallest absolute Gasteiger partial charge is 0.220 e. The second kappa shape index (κ2) is 7.37. The zero-order valence-corrected chi connectivity index (χ0v) is 14.5. The lowest BCUT2D eigenvalue weighted by atomic mass is 9.80. The highest BCUT2D eigenvalue weighted by Gasteiger charge is 2.34. The number of amides is 2. The quantitative estimate of drug-likeness (QED) is 0.871. The minimum absolute atomic E-state index is 0.106. The molecule has 1 saturated heterocycles. The first-order valence-electron chi connectivity index (χ1n) is 9.21. The molecular formula is C20H28N2O2. The van der Waals surface area contributed by atoms with Crippen LogP contribution in [-0.2, 0) is 9.59 Å². The predicted octanol–water partition coefficient (Wildman–Crippen LogP) is 3.28. The molecule has 1 aromatic carbocycles. The van der Waals surface area contributed by atoms with Gasteiger partial charge in [0.15, 0.2) is 0 Å². The van der Waals surface area contributed by atoms with E-state index in [4.69, 9.17) is 0 Å². The van der Waals surface area contributed by atoms with Crippen LogP contribution in [0.15, 0.2) is 30.3 Å². The van der Waals surface area contributed by atoms with Gasteiger partial charge in [0.05, 0.1) is 0 Å². The highest BCUT2D eigenvalue weighted by molar-refractivity contribution is 5.80. The maximum absolute atomic E-state index is 12.4. The molecule has 24 heavy (non-hydrogen) atoms. The highest BCUT2D eigenvalue weighted by atomic mass is 16.2. The molecule has 1 unspecified atom stereocenters. The molecule has 1 aliphatic heterocycles. The summed E-state index contributed by atoms with van der Waals surface area (Å²) in [6.07, 6.45) is 7.22. The maximum Gasteiger partial charge on any atom is 0.220 e. The monoisotopic (exact) mass is 328 g/mol. The van der Waals surface area contributed by atoms with Crippen molar-refractivity contribution in [3.8, 4) is 0 Å². The summed E-state index contributed by atoms with van der Waals surface area (Å²) >= 11 is 0. The molecule has 1 aliphatic carbocycles. The Hall–Kier alpha value is -1.84. The zero-order chi connectivity index (χ0) is 17.0. The summed E-state index contributed by atoms with van der Waals surface area (Å²) < 4.78 is 0. The molecule has 0 aromatic heterocycles. The van der Waals surface area contributed by atoms with Crippen LogP contribution in [0.5, 0.6) is 0 Å². The Morgan fingerprint density at radius 1 is 1.25 bits per heavy atom. The van der Waals surface area contributed by atoms with E-state index in [0.717, 1.165) is 19.3 Å². The first-order valence-corrected chi connectivity index (χ1v) is 9.21. The van der Waals surface area contributed by atoms with E-state index in [1.807, 2.05) is 13.0 Å². The van der Waals surface area contributed by atoms with Gasteiger partial charge in [0, 0.05) is 30.3 Å². The molecule has 1 aromatic rings. The van der Waals surface area contributed by atoms with E-state index in [9.17, 15) is 9.59 Å². The second-order valence-electron chi connectivity index (χ2n) is 7.58. The molecule has 1 saturated carbocycles. The molecule has 2 N–H and O–H groups in total. The minimum atomic E-state index is -0.209. The first kappa shape index (κ1) is 17.0.